The number of aryl methyl sites for hydroxylation is 1. The van der Waals surface area contributed by atoms with Gasteiger partial charge in [-0.05, 0) is 43.3 Å². The van der Waals surface area contributed by atoms with Crippen molar-refractivity contribution >= 4 is 23.3 Å². The zero-order chi connectivity index (χ0) is 25.4. The molecule has 0 aliphatic heterocycles. The molecule has 0 aliphatic carbocycles. The van der Waals surface area contributed by atoms with Crippen molar-refractivity contribution in [2.45, 2.75) is 20.0 Å². The van der Waals surface area contributed by atoms with E-state index in [-0.39, 0.29) is 17.9 Å². The Morgan fingerprint density at radius 1 is 1.09 bits per heavy atom. The third-order valence-electron chi connectivity index (χ3n) is 4.72. The molecule has 2 amide bonds. The maximum atomic E-state index is 12.9. The molecule has 0 bridgehead atoms. The van der Waals surface area contributed by atoms with E-state index in [0.717, 1.165) is 0 Å². The van der Waals surface area contributed by atoms with E-state index < -0.39 is 0 Å². The van der Waals surface area contributed by atoms with Crippen molar-refractivity contribution in [3.05, 3.63) is 65.4 Å². The number of carbonyl (C=O) groups is 2. The summed E-state index contributed by atoms with van der Waals surface area (Å²) in [4.78, 5) is 24.3. The number of hydrogen-bond donors (Lipinski definition) is 2. The second-order valence-corrected chi connectivity index (χ2v) is 7.80. The van der Waals surface area contributed by atoms with E-state index in [1.165, 1.54) is 6.92 Å². The summed E-state index contributed by atoms with van der Waals surface area (Å²) in [5.41, 5.74) is 2.10. The van der Waals surface area contributed by atoms with Crippen molar-refractivity contribution < 1.29 is 23.8 Å². The lowest BCUT2D eigenvalue weighted by Gasteiger charge is -2.15. The van der Waals surface area contributed by atoms with E-state index in [0.29, 0.717) is 46.3 Å². The van der Waals surface area contributed by atoms with Crippen LogP contribution in [0.2, 0.25) is 0 Å². The molecular formula is C26H28N4O5. The van der Waals surface area contributed by atoms with Crippen LogP contribution in [-0.2, 0) is 16.6 Å². The minimum absolute atomic E-state index is 0.187. The zero-order valence-corrected chi connectivity index (χ0v) is 20.3. The van der Waals surface area contributed by atoms with Crippen LogP contribution < -0.4 is 20.1 Å². The maximum absolute atomic E-state index is 12.9. The van der Waals surface area contributed by atoms with Gasteiger partial charge >= 0.3 is 0 Å². The second kappa shape index (κ2) is 11.7. The molecule has 1 atom stereocenters. The van der Waals surface area contributed by atoms with Crippen LogP contribution in [0.1, 0.15) is 35.3 Å². The summed E-state index contributed by atoms with van der Waals surface area (Å²) in [6.45, 7) is 3.69. The Bertz CT molecular complexity index is 1270. The molecule has 0 saturated heterocycles. The molecule has 35 heavy (non-hydrogen) atoms. The van der Waals surface area contributed by atoms with Gasteiger partial charge in [-0.3, -0.25) is 14.3 Å². The van der Waals surface area contributed by atoms with E-state index in [1.54, 1.807) is 74.6 Å². The summed E-state index contributed by atoms with van der Waals surface area (Å²) < 4.78 is 18.1. The SMILES string of the molecule is COC[C@H](C)Oc1cc(C#Cc2cc(NC(C)=O)ccc2OC)cc(C(=O)Nc2ccn(C)n2)c1. The number of rotatable bonds is 8. The number of carbonyl (C=O) groups excluding carboxylic acids is 2. The fourth-order valence-corrected chi connectivity index (χ4v) is 3.27. The third-order valence-corrected chi connectivity index (χ3v) is 4.72. The van der Waals surface area contributed by atoms with Crippen LogP contribution >= 0.6 is 0 Å². The predicted molar refractivity (Wildman–Crippen MR) is 133 cm³/mol. The van der Waals surface area contributed by atoms with Crippen LogP contribution in [0.4, 0.5) is 11.5 Å². The average molecular weight is 477 g/mol. The summed E-state index contributed by atoms with van der Waals surface area (Å²) in [5, 5.41) is 9.68. The minimum Gasteiger partial charge on any atom is -0.495 e. The second-order valence-electron chi connectivity index (χ2n) is 7.80. The normalized spacial score (nSPS) is 11.1. The first kappa shape index (κ1) is 25.3. The first-order valence-electron chi connectivity index (χ1n) is 10.9. The van der Waals surface area contributed by atoms with Gasteiger partial charge in [0.2, 0.25) is 5.91 Å². The highest BCUT2D eigenvalue weighted by Gasteiger charge is 2.13. The smallest absolute Gasteiger partial charge is 0.257 e. The lowest BCUT2D eigenvalue weighted by atomic mass is 10.1. The van der Waals surface area contributed by atoms with Gasteiger partial charge in [-0.25, -0.2) is 0 Å². The number of hydrogen-bond acceptors (Lipinski definition) is 6. The molecule has 2 N–H and O–H groups in total. The molecule has 1 heterocycles. The average Bonchev–Trinajstić information content (AvgIpc) is 3.21. The summed E-state index contributed by atoms with van der Waals surface area (Å²) >= 11 is 0. The Morgan fingerprint density at radius 3 is 2.54 bits per heavy atom. The van der Waals surface area contributed by atoms with E-state index >= 15 is 0 Å². The molecule has 0 aliphatic rings. The Kier molecular flexibility index (Phi) is 8.48. The molecule has 3 aromatic rings. The van der Waals surface area contributed by atoms with Crippen LogP contribution in [0, 0.1) is 11.8 Å². The summed E-state index contributed by atoms with van der Waals surface area (Å²) in [6.07, 6.45) is 1.50. The van der Waals surface area contributed by atoms with Crippen molar-refractivity contribution in [1.29, 1.82) is 0 Å². The van der Waals surface area contributed by atoms with Crippen molar-refractivity contribution in [3.8, 4) is 23.3 Å². The van der Waals surface area contributed by atoms with E-state index in [1.807, 2.05) is 6.92 Å². The molecule has 0 spiro atoms. The van der Waals surface area contributed by atoms with E-state index in [9.17, 15) is 9.59 Å². The largest absolute Gasteiger partial charge is 0.495 e. The number of amides is 2. The van der Waals surface area contributed by atoms with Crippen LogP contribution in [0.25, 0.3) is 0 Å². The zero-order valence-electron chi connectivity index (χ0n) is 20.3. The van der Waals surface area contributed by atoms with Gasteiger partial charge in [0, 0.05) is 50.2 Å². The number of benzene rings is 2. The van der Waals surface area contributed by atoms with Gasteiger partial charge in [-0.1, -0.05) is 11.8 Å². The Hall–Kier alpha value is -4.29. The van der Waals surface area contributed by atoms with Crippen LogP contribution in [-0.4, -0.2) is 48.5 Å². The van der Waals surface area contributed by atoms with Gasteiger partial charge in [0.15, 0.2) is 5.82 Å². The number of aromatic nitrogens is 2. The molecule has 9 nitrogen and oxygen atoms in total. The molecule has 3 rings (SSSR count). The van der Waals surface area contributed by atoms with Crippen LogP contribution in [0.5, 0.6) is 11.5 Å². The fraction of sp³-hybridized carbons (Fsp3) is 0.269. The highest BCUT2D eigenvalue weighted by molar-refractivity contribution is 6.04. The maximum Gasteiger partial charge on any atom is 0.257 e. The standard InChI is InChI=1S/C26H28N4O5/c1-17(16-33-4)35-23-13-19(12-21(15-23)26(32)28-25-10-11-30(3)29-25)6-7-20-14-22(27-18(2)31)8-9-24(20)34-5/h8-15,17H,16H2,1-5H3,(H,27,31)(H,28,29,32)/t17-/m0/s1. The summed E-state index contributed by atoms with van der Waals surface area (Å²) in [5.74, 6) is 7.07. The third kappa shape index (κ3) is 7.35. The highest BCUT2D eigenvalue weighted by atomic mass is 16.5. The number of ether oxygens (including phenoxy) is 3. The van der Waals surface area contributed by atoms with Gasteiger partial charge in [0.1, 0.15) is 17.6 Å². The molecule has 2 aromatic carbocycles. The molecular weight excluding hydrogens is 448 g/mol. The topological polar surface area (TPSA) is 104 Å². The number of nitrogens with one attached hydrogen (secondary N) is 2. The fourth-order valence-electron chi connectivity index (χ4n) is 3.27. The van der Waals surface area contributed by atoms with Crippen molar-refractivity contribution in [1.82, 2.24) is 9.78 Å². The van der Waals surface area contributed by atoms with Crippen LogP contribution in [0.15, 0.2) is 48.7 Å². The van der Waals surface area contributed by atoms with E-state index in [2.05, 4.69) is 27.6 Å². The molecule has 9 heteroatoms. The first-order chi connectivity index (χ1) is 16.8. The van der Waals surface area contributed by atoms with Crippen molar-refractivity contribution in [2.24, 2.45) is 7.05 Å². The van der Waals surface area contributed by atoms with Gasteiger partial charge in [0.25, 0.3) is 5.91 Å². The Morgan fingerprint density at radius 2 is 1.89 bits per heavy atom. The number of anilines is 2. The quantitative estimate of drug-likeness (QED) is 0.483. The van der Waals surface area contributed by atoms with Gasteiger partial charge in [0.05, 0.1) is 19.3 Å². The number of methoxy groups -OCH3 is 2. The predicted octanol–water partition coefficient (Wildman–Crippen LogP) is 3.45. The Labute approximate surface area is 204 Å². The van der Waals surface area contributed by atoms with Crippen molar-refractivity contribution in [3.63, 3.8) is 0 Å². The van der Waals surface area contributed by atoms with Gasteiger partial charge in [-0.2, -0.15) is 5.10 Å². The van der Waals surface area contributed by atoms with Crippen molar-refractivity contribution in [2.75, 3.05) is 31.5 Å². The van der Waals surface area contributed by atoms with E-state index in [4.69, 9.17) is 14.2 Å². The molecule has 0 unspecified atom stereocenters. The molecule has 0 saturated carbocycles. The summed E-state index contributed by atoms with van der Waals surface area (Å²) in [7, 11) is 4.91. The molecule has 1 aromatic heterocycles. The molecule has 0 fully saturated rings. The number of nitrogens with zero attached hydrogens (tertiary/aromatic N) is 2. The Balaban J connectivity index is 1.97. The molecule has 182 valence electrons. The molecule has 0 radical (unpaired) electrons. The summed E-state index contributed by atoms with van der Waals surface area (Å²) in [6, 6.07) is 12.0. The van der Waals surface area contributed by atoms with Gasteiger partial charge in [-0.15, -0.1) is 0 Å². The minimum atomic E-state index is -0.346. The monoisotopic (exact) mass is 476 g/mol. The lowest BCUT2D eigenvalue weighted by Crippen LogP contribution is -2.19. The van der Waals surface area contributed by atoms with Crippen LogP contribution in [0.3, 0.4) is 0 Å². The van der Waals surface area contributed by atoms with Gasteiger partial charge < -0.3 is 24.8 Å². The highest BCUT2D eigenvalue weighted by Crippen LogP contribution is 2.23. The first-order valence-corrected chi connectivity index (χ1v) is 10.9. The lowest BCUT2D eigenvalue weighted by molar-refractivity contribution is -0.114.